The molecule has 142 valence electrons. The van der Waals surface area contributed by atoms with E-state index in [1.54, 1.807) is 6.07 Å². The zero-order chi connectivity index (χ0) is 19.6. The Balaban J connectivity index is 1.87. The van der Waals surface area contributed by atoms with E-state index in [1.165, 1.54) is 18.3 Å². The number of rotatable bonds is 6. The number of hydroxylamine groups is 1. The van der Waals surface area contributed by atoms with Gasteiger partial charge in [0.1, 0.15) is 5.82 Å². The summed E-state index contributed by atoms with van der Waals surface area (Å²) in [6, 6.07) is 5.28. The zero-order valence-electron chi connectivity index (χ0n) is 14.8. The molecule has 0 fully saturated rings. The molecule has 0 amide bonds. The van der Waals surface area contributed by atoms with Crippen LogP contribution in [0.1, 0.15) is 5.56 Å². The van der Waals surface area contributed by atoms with Gasteiger partial charge in [0.2, 0.25) is 5.95 Å². The maximum atomic E-state index is 13.3. The first kappa shape index (κ1) is 19.0. The van der Waals surface area contributed by atoms with Crippen LogP contribution in [0.25, 0.3) is 11.2 Å². The van der Waals surface area contributed by atoms with Gasteiger partial charge < -0.3 is 15.2 Å². The van der Waals surface area contributed by atoms with Crippen LogP contribution in [-0.2, 0) is 0 Å². The van der Waals surface area contributed by atoms with Crippen molar-refractivity contribution in [3.63, 3.8) is 0 Å². The van der Waals surface area contributed by atoms with E-state index in [-0.39, 0.29) is 16.5 Å². The Morgan fingerprint density at radius 2 is 2.15 bits per heavy atom. The van der Waals surface area contributed by atoms with Gasteiger partial charge in [0.25, 0.3) is 0 Å². The first-order valence-electron chi connectivity index (χ1n) is 8.13. The van der Waals surface area contributed by atoms with E-state index in [0.717, 1.165) is 12.6 Å². The SMILES string of the molecule is CN(C)CCNc1nc2nccc(C(=N)N(O)c3ccc(F)c(Cl)c3)c2[nH]1. The van der Waals surface area contributed by atoms with Crippen molar-refractivity contribution < 1.29 is 9.60 Å². The van der Waals surface area contributed by atoms with E-state index >= 15 is 0 Å². The van der Waals surface area contributed by atoms with Crippen molar-refractivity contribution in [1.82, 2.24) is 19.9 Å². The molecule has 4 N–H and O–H groups in total. The summed E-state index contributed by atoms with van der Waals surface area (Å²) in [5.74, 6) is -0.309. The number of halogens is 2. The molecule has 0 atom stereocenters. The fourth-order valence-electron chi connectivity index (χ4n) is 2.45. The van der Waals surface area contributed by atoms with Crippen LogP contribution in [0.3, 0.4) is 0 Å². The van der Waals surface area contributed by atoms with Crippen molar-refractivity contribution in [2.45, 2.75) is 0 Å². The van der Waals surface area contributed by atoms with Crippen LogP contribution >= 0.6 is 11.6 Å². The summed E-state index contributed by atoms with van der Waals surface area (Å²) in [6.45, 7) is 1.50. The summed E-state index contributed by atoms with van der Waals surface area (Å²) in [7, 11) is 3.94. The van der Waals surface area contributed by atoms with Crippen LogP contribution in [0, 0.1) is 11.2 Å². The van der Waals surface area contributed by atoms with Gasteiger partial charge in [0.05, 0.1) is 16.2 Å². The van der Waals surface area contributed by atoms with Gasteiger partial charge in [-0.25, -0.2) is 14.4 Å². The molecule has 27 heavy (non-hydrogen) atoms. The van der Waals surface area contributed by atoms with Gasteiger partial charge in [-0.15, -0.1) is 0 Å². The van der Waals surface area contributed by atoms with E-state index < -0.39 is 5.82 Å². The Kier molecular flexibility index (Phi) is 5.54. The molecule has 1 aromatic carbocycles. The maximum Gasteiger partial charge on any atom is 0.202 e. The van der Waals surface area contributed by atoms with Gasteiger partial charge in [0.15, 0.2) is 11.5 Å². The van der Waals surface area contributed by atoms with E-state index in [1.807, 2.05) is 19.0 Å². The first-order valence-corrected chi connectivity index (χ1v) is 8.51. The molecular weight excluding hydrogens is 373 g/mol. The van der Waals surface area contributed by atoms with Crippen molar-refractivity contribution >= 4 is 40.2 Å². The number of nitrogens with zero attached hydrogens (tertiary/aromatic N) is 4. The van der Waals surface area contributed by atoms with Crippen molar-refractivity contribution in [2.24, 2.45) is 0 Å². The number of hydrogen-bond donors (Lipinski definition) is 4. The average molecular weight is 392 g/mol. The highest BCUT2D eigenvalue weighted by molar-refractivity contribution is 6.31. The number of fused-ring (bicyclic) bond motifs is 1. The lowest BCUT2D eigenvalue weighted by Crippen LogP contribution is -2.27. The molecule has 10 heteroatoms. The number of aromatic nitrogens is 3. The van der Waals surface area contributed by atoms with Gasteiger partial charge >= 0.3 is 0 Å². The fraction of sp³-hybridized carbons (Fsp3) is 0.235. The topological polar surface area (TPSA) is 104 Å². The van der Waals surface area contributed by atoms with Crippen LogP contribution < -0.4 is 10.4 Å². The second-order valence-electron chi connectivity index (χ2n) is 6.13. The second kappa shape index (κ2) is 7.87. The number of H-pyrrole nitrogens is 1. The molecule has 0 saturated heterocycles. The number of pyridine rings is 1. The lowest BCUT2D eigenvalue weighted by molar-refractivity contribution is 0.312. The predicted octanol–water partition coefficient (Wildman–Crippen LogP) is 2.95. The minimum Gasteiger partial charge on any atom is -0.354 e. The molecule has 0 aliphatic heterocycles. The van der Waals surface area contributed by atoms with Crippen LogP contribution in [0.5, 0.6) is 0 Å². The lowest BCUT2D eigenvalue weighted by atomic mass is 10.2. The van der Waals surface area contributed by atoms with Gasteiger partial charge in [0, 0.05) is 24.8 Å². The van der Waals surface area contributed by atoms with Crippen molar-refractivity contribution in [1.29, 1.82) is 5.41 Å². The summed E-state index contributed by atoms with van der Waals surface area (Å²) in [4.78, 5) is 13.6. The monoisotopic (exact) mass is 391 g/mol. The van der Waals surface area contributed by atoms with Crippen LogP contribution in [0.2, 0.25) is 5.02 Å². The molecule has 0 spiro atoms. The van der Waals surface area contributed by atoms with Crippen LogP contribution in [0.15, 0.2) is 30.5 Å². The highest BCUT2D eigenvalue weighted by Crippen LogP contribution is 2.24. The third kappa shape index (κ3) is 4.16. The molecule has 0 unspecified atom stereocenters. The first-order chi connectivity index (χ1) is 12.9. The summed E-state index contributed by atoms with van der Waals surface area (Å²) in [5.41, 5.74) is 1.47. The number of benzene rings is 1. The van der Waals surface area contributed by atoms with Crippen molar-refractivity contribution in [2.75, 3.05) is 37.6 Å². The maximum absolute atomic E-state index is 13.3. The highest BCUT2D eigenvalue weighted by Gasteiger charge is 2.18. The molecule has 2 heterocycles. The molecule has 0 saturated carbocycles. The van der Waals surface area contributed by atoms with E-state index in [0.29, 0.717) is 34.3 Å². The number of nitrogens with one attached hydrogen (secondary N) is 3. The minimum absolute atomic E-state index is 0.145. The molecule has 2 aromatic heterocycles. The zero-order valence-corrected chi connectivity index (χ0v) is 15.5. The van der Waals surface area contributed by atoms with Gasteiger partial charge in [-0.1, -0.05) is 11.6 Å². The molecule has 3 rings (SSSR count). The number of likely N-dealkylation sites (N-methyl/N-ethyl adjacent to an activating group) is 1. The van der Waals surface area contributed by atoms with E-state index in [2.05, 4.69) is 20.3 Å². The predicted molar refractivity (Wildman–Crippen MR) is 103 cm³/mol. The molecule has 0 aliphatic rings. The van der Waals surface area contributed by atoms with Crippen molar-refractivity contribution in [3.05, 3.63) is 46.9 Å². The second-order valence-corrected chi connectivity index (χ2v) is 6.54. The average Bonchev–Trinajstić information content (AvgIpc) is 3.05. The smallest absolute Gasteiger partial charge is 0.202 e. The normalized spacial score (nSPS) is 11.2. The molecule has 3 aromatic rings. The molecular formula is C17H19ClFN7O. The van der Waals surface area contributed by atoms with Gasteiger partial charge in [-0.3, -0.25) is 10.6 Å². The Hall–Kier alpha value is -2.75. The fourth-order valence-corrected chi connectivity index (χ4v) is 2.62. The standard InChI is InChI=1S/C17H19ClFN7O/c1-25(2)8-7-22-17-23-14-11(5-6-21-16(14)24-17)15(20)26(27)10-3-4-13(19)12(18)9-10/h3-6,9,20,27H,7-8H2,1-2H3,(H2,21,22,23,24). The molecule has 0 bridgehead atoms. The van der Waals surface area contributed by atoms with Gasteiger partial charge in [-0.05, 0) is 38.4 Å². The minimum atomic E-state index is -0.603. The van der Waals surface area contributed by atoms with Crippen LogP contribution in [0.4, 0.5) is 16.0 Å². The third-order valence-corrected chi connectivity index (χ3v) is 4.15. The highest BCUT2D eigenvalue weighted by atomic mass is 35.5. The summed E-state index contributed by atoms with van der Waals surface area (Å²) < 4.78 is 13.3. The summed E-state index contributed by atoms with van der Waals surface area (Å²) in [6.07, 6.45) is 1.50. The Morgan fingerprint density at radius 3 is 2.85 bits per heavy atom. The molecule has 0 aliphatic carbocycles. The quantitative estimate of drug-likeness (QED) is 0.292. The summed E-state index contributed by atoms with van der Waals surface area (Å²) in [5, 5.41) is 22.3. The molecule has 0 radical (unpaired) electrons. The number of imidazole rings is 1. The number of anilines is 2. The Morgan fingerprint density at radius 1 is 1.37 bits per heavy atom. The number of aromatic amines is 1. The number of hydrogen-bond acceptors (Lipinski definition) is 6. The Labute approximate surface area is 160 Å². The third-order valence-electron chi connectivity index (χ3n) is 3.86. The van der Waals surface area contributed by atoms with Crippen LogP contribution in [-0.4, -0.2) is 58.1 Å². The summed E-state index contributed by atoms with van der Waals surface area (Å²) >= 11 is 5.76. The van der Waals surface area contributed by atoms with Crippen molar-refractivity contribution in [3.8, 4) is 0 Å². The van der Waals surface area contributed by atoms with Gasteiger partial charge in [-0.2, -0.15) is 4.98 Å². The molecule has 8 nitrogen and oxygen atoms in total. The Bertz CT molecular complexity index is 975. The largest absolute Gasteiger partial charge is 0.354 e. The van der Waals surface area contributed by atoms with E-state index in [9.17, 15) is 9.60 Å². The number of amidine groups is 1. The van der Waals surface area contributed by atoms with E-state index in [4.69, 9.17) is 17.0 Å². The lowest BCUT2D eigenvalue weighted by Gasteiger charge is -2.18.